The molecule has 0 aromatic heterocycles. The normalized spacial score (nSPS) is 25.0. The van der Waals surface area contributed by atoms with E-state index < -0.39 is 0 Å². The largest absolute Gasteiger partial charge is 0.364 e. The standard InChI is InChI=1S/C15H28N2O2/c1-14(2)5-7-15(11-16,8-6-14)19-10-13(18)17-9-12-3-4-12/h12H,3-11,16H2,1-2H3,(H,17,18). The van der Waals surface area contributed by atoms with Crippen molar-refractivity contribution in [2.45, 2.75) is 58.0 Å². The van der Waals surface area contributed by atoms with E-state index in [-0.39, 0.29) is 18.1 Å². The van der Waals surface area contributed by atoms with Crippen molar-refractivity contribution in [1.29, 1.82) is 0 Å². The van der Waals surface area contributed by atoms with Gasteiger partial charge in [-0.1, -0.05) is 13.8 Å². The lowest BCUT2D eigenvalue weighted by Crippen LogP contribution is -2.47. The molecule has 2 rings (SSSR count). The maximum absolute atomic E-state index is 11.7. The Morgan fingerprint density at radius 2 is 1.89 bits per heavy atom. The average Bonchev–Trinajstić information content (AvgIpc) is 3.20. The number of carbonyl (C=O) groups excluding carboxylic acids is 1. The van der Waals surface area contributed by atoms with E-state index in [4.69, 9.17) is 10.5 Å². The van der Waals surface area contributed by atoms with Gasteiger partial charge in [-0.05, 0) is 49.9 Å². The lowest BCUT2D eigenvalue weighted by atomic mass is 9.71. The first-order valence-corrected chi connectivity index (χ1v) is 7.55. The topological polar surface area (TPSA) is 64.3 Å². The van der Waals surface area contributed by atoms with E-state index in [2.05, 4.69) is 19.2 Å². The van der Waals surface area contributed by atoms with E-state index in [0.717, 1.165) is 32.2 Å². The van der Waals surface area contributed by atoms with Gasteiger partial charge in [0.2, 0.25) is 5.91 Å². The SMILES string of the molecule is CC1(C)CCC(CN)(OCC(=O)NCC2CC2)CC1. The van der Waals surface area contributed by atoms with Gasteiger partial charge in [0.05, 0.1) is 5.60 Å². The van der Waals surface area contributed by atoms with Gasteiger partial charge in [0.15, 0.2) is 0 Å². The number of ether oxygens (including phenoxy) is 1. The molecule has 19 heavy (non-hydrogen) atoms. The van der Waals surface area contributed by atoms with Crippen molar-refractivity contribution in [3.05, 3.63) is 0 Å². The molecule has 4 nitrogen and oxygen atoms in total. The Morgan fingerprint density at radius 1 is 1.26 bits per heavy atom. The van der Waals surface area contributed by atoms with Gasteiger partial charge in [-0.25, -0.2) is 0 Å². The molecule has 2 fully saturated rings. The summed E-state index contributed by atoms with van der Waals surface area (Å²) in [6.07, 6.45) is 6.67. The second-order valence-electron chi connectivity index (χ2n) is 7.09. The highest BCUT2D eigenvalue weighted by Crippen LogP contribution is 2.41. The molecule has 4 heteroatoms. The summed E-state index contributed by atoms with van der Waals surface area (Å²) < 4.78 is 5.89. The maximum atomic E-state index is 11.7. The Bertz CT molecular complexity index is 314. The number of rotatable bonds is 6. The van der Waals surface area contributed by atoms with Crippen LogP contribution in [0.2, 0.25) is 0 Å². The lowest BCUT2D eigenvalue weighted by molar-refractivity contribution is -0.137. The number of nitrogens with two attached hydrogens (primary N) is 1. The number of nitrogens with one attached hydrogen (secondary N) is 1. The quantitative estimate of drug-likeness (QED) is 0.772. The second kappa shape index (κ2) is 5.80. The maximum Gasteiger partial charge on any atom is 0.246 e. The fourth-order valence-electron chi connectivity index (χ4n) is 2.64. The Hall–Kier alpha value is -0.610. The third-order valence-corrected chi connectivity index (χ3v) is 4.68. The first kappa shape index (κ1) is 14.8. The van der Waals surface area contributed by atoms with E-state index in [1.807, 2.05) is 0 Å². The zero-order chi connectivity index (χ0) is 13.9. The van der Waals surface area contributed by atoms with Gasteiger partial charge in [-0.3, -0.25) is 4.79 Å². The predicted octanol–water partition coefficient (Wildman–Crippen LogP) is 1.83. The summed E-state index contributed by atoms with van der Waals surface area (Å²) in [6, 6.07) is 0. The predicted molar refractivity (Wildman–Crippen MR) is 75.7 cm³/mol. The average molecular weight is 268 g/mol. The van der Waals surface area contributed by atoms with Gasteiger partial charge in [-0.2, -0.15) is 0 Å². The van der Waals surface area contributed by atoms with Crippen LogP contribution in [0.25, 0.3) is 0 Å². The fraction of sp³-hybridized carbons (Fsp3) is 0.933. The van der Waals surface area contributed by atoms with Crippen molar-refractivity contribution in [3.8, 4) is 0 Å². The minimum absolute atomic E-state index is 0.00422. The molecule has 0 heterocycles. The minimum Gasteiger partial charge on any atom is -0.364 e. The molecule has 0 saturated heterocycles. The molecule has 0 aromatic rings. The van der Waals surface area contributed by atoms with Crippen LogP contribution in [0.3, 0.4) is 0 Å². The summed E-state index contributed by atoms with van der Waals surface area (Å²) in [4.78, 5) is 11.7. The van der Waals surface area contributed by atoms with Gasteiger partial charge < -0.3 is 15.8 Å². The molecular formula is C15H28N2O2. The molecule has 0 unspecified atom stereocenters. The number of hydrogen-bond acceptors (Lipinski definition) is 3. The van der Waals surface area contributed by atoms with Crippen LogP contribution in [0.4, 0.5) is 0 Å². The van der Waals surface area contributed by atoms with Crippen LogP contribution in [-0.4, -0.2) is 31.2 Å². The smallest absolute Gasteiger partial charge is 0.246 e. The van der Waals surface area contributed by atoms with Crippen molar-refractivity contribution in [2.24, 2.45) is 17.1 Å². The van der Waals surface area contributed by atoms with Gasteiger partial charge in [-0.15, -0.1) is 0 Å². The van der Waals surface area contributed by atoms with E-state index in [1.54, 1.807) is 0 Å². The third kappa shape index (κ3) is 4.46. The van der Waals surface area contributed by atoms with Crippen molar-refractivity contribution < 1.29 is 9.53 Å². The molecule has 110 valence electrons. The highest BCUT2D eigenvalue weighted by molar-refractivity contribution is 5.77. The van der Waals surface area contributed by atoms with Crippen LogP contribution >= 0.6 is 0 Å². The Morgan fingerprint density at radius 3 is 2.42 bits per heavy atom. The van der Waals surface area contributed by atoms with Gasteiger partial charge >= 0.3 is 0 Å². The molecule has 2 aliphatic carbocycles. The summed E-state index contributed by atoms with van der Waals surface area (Å²) in [7, 11) is 0. The molecule has 0 atom stereocenters. The van der Waals surface area contributed by atoms with Crippen molar-refractivity contribution in [1.82, 2.24) is 5.32 Å². The first-order chi connectivity index (χ1) is 8.95. The number of hydrogen-bond donors (Lipinski definition) is 2. The van der Waals surface area contributed by atoms with Crippen molar-refractivity contribution in [2.75, 3.05) is 19.7 Å². The van der Waals surface area contributed by atoms with E-state index >= 15 is 0 Å². The van der Waals surface area contributed by atoms with Crippen LogP contribution in [-0.2, 0) is 9.53 Å². The van der Waals surface area contributed by atoms with Gasteiger partial charge in [0.25, 0.3) is 0 Å². The summed E-state index contributed by atoms with van der Waals surface area (Å²) in [5.74, 6) is 0.715. The lowest BCUT2D eigenvalue weighted by Gasteiger charge is -2.42. The zero-order valence-electron chi connectivity index (χ0n) is 12.3. The zero-order valence-corrected chi connectivity index (χ0v) is 12.3. The Kier molecular flexibility index (Phi) is 4.51. The summed E-state index contributed by atoms with van der Waals surface area (Å²) in [6.45, 7) is 6.06. The molecule has 2 saturated carbocycles. The highest BCUT2D eigenvalue weighted by atomic mass is 16.5. The summed E-state index contributed by atoms with van der Waals surface area (Å²) in [5.41, 5.74) is 6.00. The molecular weight excluding hydrogens is 240 g/mol. The Labute approximate surface area is 116 Å². The first-order valence-electron chi connectivity index (χ1n) is 7.55. The molecule has 1 amide bonds. The molecule has 0 aromatic carbocycles. The molecule has 3 N–H and O–H groups in total. The highest BCUT2D eigenvalue weighted by Gasteiger charge is 2.38. The van der Waals surface area contributed by atoms with Crippen molar-refractivity contribution in [3.63, 3.8) is 0 Å². The Balaban J connectivity index is 1.73. The second-order valence-corrected chi connectivity index (χ2v) is 7.09. The van der Waals surface area contributed by atoms with Gasteiger partial charge in [0, 0.05) is 13.1 Å². The summed E-state index contributed by atoms with van der Waals surface area (Å²) in [5, 5.41) is 2.94. The molecule has 0 spiro atoms. The molecule has 0 aliphatic heterocycles. The number of carbonyl (C=O) groups is 1. The van der Waals surface area contributed by atoms with E-state index in [0.29, 0.717) is 17.9 Å². The van der Waals surface area contributed by atoms with E-state index in [9.17, 15) is 4.79 Å². The molecule has 2 aliphatic rings. The fourth-order valence-corrected chi connectivity index (χ4v) is 2.64. The monoisotopic (exact) mass is 268 g/mol. The molecule has 0 radical (unpaired) electrons. The van der Waals surface area contributed by atoms with Crippen LogP contribution < -0.4 is 11.1 Å². The van der Waals surface area contributed by atoms with Crippen molar-refractivity contribution >= 4 is 5.91 Å². The molecule has 0 bridgehead atoms. The number of amides is 1. The summed E-state index contributed by atoms with van der Waals surface area (Å²) >= 11 is 0. The van der Waals surface area contributed by atoms with Crippen LogP contribution in [0.1, 0.15) is 52.4 Å². The van der Waals surface area contributed by atoms with E-state index in [1.165, 1.54) is 12.8 Å². The minimum atomic E-state index is -0.271. The van der Waals surface area contributed by atoms with Gasteiger partial charge in [0.1, 0.15) is 6.61 Å². The van der Waals surface area contributed by atoms with Crippen LogP contribution in [0.15, 0.2) is 0 Å². The third-order valence-electron chi connectivity index (χ3n) is 4.68. The van der Waals surface area contributed by atoms with Crippen LogP contribution in [0, 0.1) is 11.3 Å². The van der Waals surface area contributed by atoms with Crippen LogP contribution in [0.5, 0.6) is 0 Å².